The van der Waals surface area contributed by atoms with Crippen molar-refractivity contribution in [2.75, 3.05) is 13.1 Å². The molecular weight excluding hydrogens is 372 g/mol. The Labute approximate surface area is 160 Å². The summed E-state index contributed by atoms with van der Waals surface area (Å²) in [6.07, 6.45) is 6.31. The van der Waals surface area contributed by atoms with E-state index >= 15 is 0 Å². The lowest BCUT2D eigenvalue weighted by Crippen LogP contribution is -2.48. The van der Waals surface area contributed by atoms with E-state index in [0.29, 0.717) is 29.9 Å². The molecule has 1 aromatic rings. The summed E-state index contributed by atoms with van der Waals surface area (Å²) in [7, 11) is -3.59. The molecule has 3 fully saturated rings. The lowest BCUT2D eigenvalue weighted by atomic mass is 9.93. The second-order valence-corrected chi connectivity index (χ2v) is 10.3. The molecule has 0 spiro atoms. The van der Waals surface area contributed by atoms with E-state index in [1.54, 1.807) is 12.1 Å². The maximum Gasteiger partial charge on any atom is 0.243 e. The van der Waals surface area contributed by atoms with E-state index in [2.05, 4.69) is 5.32 Å². The lowest BCUT2D eigenvalue weighted by Gasteiger charge is -2.33. The number of carbonyl (C=O) groups is 1. The highest BCUT2D eigenvalue weighted by Gasteiger charge is 2.41. The summed E-state index contributed by atoms with van der Waals surface area (Å²) in [6.45, 7) is 0.723. The molecule has 2 aliphatic carbocycles. The smallest absolute Gasteiger partial charge is 0.243 e. The lowest BCUT2D eigenvalue weighted by molar-refractivity contribution is -0.127. The molecule has 2 saturated carbocycles. The van der Waals surface area contributed by atoms with E-state index in [-0.39, 0.29) is 23.3 Å². The van der Waals surface area contributed by atoms with E-state index in [1.165, 1.54) is 35.7 Å². The molecule has 0 aromatic heterocycles. The zero-order valence-corrected chi connectivity index (χ0v) is 16.3. The van der Waals surface area contributed by atoms with Gasteiger partial charge >= 0.3 is 0 Å². The topological polar surface area (TPSA) is 66.5 Å². The first-order valence-corrected chi connectivity index (χ1v) is 11.3. The average molecular weight is 397 g/mol. The summed E-state index contributed by atoms with van der Waals surface area (Å²) >= 11 is 5.86. The van der Waals surface area contributed by atoms with Gasteiger partial charge in [0.2, 0.25) is 15.9 Å². The van der Waals surface area contributed by atoms with Crippen molar-refractivity contribution in [3.05, 3.63) is 29.3 Å². The SMILES string of the molecule is O=C(N[C@@H]1C[C@H]2CC[C@H]1C2)[C@H]1CCCN(S(=O)(=O)c2ccc(Cl)cc2)C1. The number of nitrogens with one attached hydrogen (secondary N) is 1. The van der Waals surface area contributed by atoms with Gasteiger partial charge in [0.25, 0.3) is 0 Å². The maximum absolute atomic E-state index is 12.9. The van der Waals surface area contributed by atoms with Gasteiger partial charge in [-0.05, 0) is 68.2 Å². The van der Waals surface area contributed by atoms with Crippen molar-refractivity contribution < 1.29 is 13.2 Å². The van der Waals surface area contributed by atoms with Gasteiger partial charge in [-0.25, -0.2) is 8.42 Å². The van der Waals surface area contributed by atoms with E-state index in [1.807, 2.05) is 0 Å². The number of sulfonamides is 1. The van der Waals surface area contributed by atoms with Crippen molar-refractivity contribution in [1.29, 1.82) is 0 Å². The Bertz CT molecular complexity index is 780. The third-order valence-corrected chi connectivity index (χ3v) is 8.40. The van der Waals surface area contributed by atoms with Gasteiger partial charge in [-0.1, -0.05) is 18.0 Å². The number of fused-ring (bicyclic) bond motifs is 2. The number of piperidine rings is 1. The summed E-state index contributed by atoms with van der Waals surface area (Å²) in [4.78, 5) is 13.0. The number of amides is 1. The second kappa shape index (κ2) is 7.13. The molecule has 1 aromatic carbocycles. The van der Waals surface area contributed by atoms with Crippen molar-refractivity contribution in [2.45, 2.75) is 49.5 Å². The summed E-state index contributed by atoms with van der Waals surface area (Å²) < 4.78 is 27.2. The molecule has 142 valence electrons. The van der Waals surface area contributed by atoms with E-state index in [9.17, 15) is 13.2 Å². The van der Waals surface area contributed by atoms with Crippen LogP contribution in [0.4, 0.5) is 0 Å². The minimum Gasteiger partial charge on any atom is -0.353 e. The zero-order valence-electron chi connectivity index (χ0n) is 14.7. The summed E-state index contributed by atoms with van der Waals surface area (Å²) in [5.74, 6) is 1.17. The fraction of sp³-hybridized carbons (Fsp3) is 0.632. The average Bonchev–Trinajstić information content (AvgIpc) is 3.25. The molecule has 1 aliphatic heterocycles. The van der Waals surface area contributed by atoms with Gasteiger partial charge < -0.3 is 5.32 Å². The number of nitrogens with zero attached hydrogens (tertiary/aromatic N) is 1. The van der Waals surface area contributed by atoms with Crippen molar-refractivity contribution in [3.63, 3.8) is 0 Å². The van der Waals surface area contributed by atoms with Crippen LogP contribution in [0.1, 0.15) is 38.5 Å². The number of hydrogen-bond donors (Lipinski definition) is 1. The van der Waals surface area contributed by atoms with Crippen molar-refractivity contribution >= 4 is 27.5 Å². The Morgan fingerprint density at radius 1 is 1.12 bits per heavy atom. The molecule has 5 nitrogen and oxygen atoms in total. The van der Waals surface area contributed by atoms with E-state index < -0.39 is 10.0 Å². The molecule has 4 rings (SSSR count). The molecule has 26 heavy (non-hydrogen) atoms. The molecule has 2 bridgehead atoms. The van der Waals surface area contributed by atoms with Crippen LogP contribution in [0, 0.1) is 17.8 Å². The van der Waals surface area contributed by atoms with E-state index in [0.717, 1.165) is 18.8 Å². The number of halogens is 1. The standard InChI is InChI=1S/C19H25ClN2O3S/c20-16-5-7-17(8-6-16)26(24,25)22-9-1-2-15(12-22)19(23)21-18-11-13-3-4-14(18)10-13/h5-8,13-15,18H,1-4,9-12H2,(H,21,23)/t13-,14-,15-,18+/m0/s1. The Morgan fingerprint density at radius 2 is 1.88 bits per heavy atom. The van der Waals surface area contributed by atoms with Crippen LogP contribution in [0.15, 0.2) is 29.2 Å². The van der Waals surface area contributed by atoms with Gasteiger partial charge in [0, 0.05) is 24.2 Å². The second-order valence-electron chi connectivity index (χ2n) is 7.95. The highest BCUT2D eigenvalue weighted by Crippen LogP contribution is 2.44. The quantitative estimate of drug-likeness (QED) is 0.850. The number of hydrogen-bond acceptors (Lipinski definition) is 3. The van der Waals surface area contributed by atoms with Crippen molar-refractivity contribution in [1.82, 2.24) is 9.62 Å². The molecule has 7 heteroatoms. The third kappa shape index (κ3) is 3.51. The van der Waals surface area contributed by atoms with Gasteiger partial charge in [0.1, 0.15) is 0 Å². The summed E-state index contributed by atoms with van der Waals surface area (Å²) in [6, 6.07) is 6.51. The highest BCUT2D eigenvalue weighted by molar-refractivity contribution is 7.89. The first-order valence-electron chi connectivity index (χ1n) is 9.49. The molecule has 3 aliphatic rings. The Kier molecular flexibility index (Phi) is 5.01. The van der Waals surface area contributed by atoms with Crippen LogP contribution in [-0.2, 0) is 14.8 Å². The predicted molar refractivity (Wildman–Crippen MR) is 100 cm³/mol. The number of carbonyl (C=O) groups excluding carboxylic acids is 1. The Morgan fingerprint density at radius 3 is 2.54 bits per heavy atom. The Balaban J connectivity index is 1.42. The molecular formula is C19H25ClN2O3S. The largest absolute Gasteiger partial charge is 0.353 e. The van der Waals surface area contributed by atoms with Gasteiger partial charge in [-0.3, -0.25) is 4.79 Å². The Hall–Kier alpha value is -1.11. The van der Waals surface area contributed by atoms with Crippen LogP contribution in [0.25, 0.3) is 0 Å². The van der Waals surface area contributed by atoms with Crippen LogP contribution in [0.2, 0.25) is 5.02 Å². The van der Waals surface area contributed by atoms with Gasteiger partial charge in [-0.15, -0.1) is 0 Å². The molecule has 1 saturated heterocycles. The summed E-state index contributed by atoms with van der Waals surface area (Å²) in [5.41, 5.74) is 0. The van der Waals surface area contributed by atoms with Gasteiger partial charge in [-0.2, -0.15) is 4.31 Å². The number of rotatable bonds is 4. The molecule has 1 N–H and O–H groups in total. The van der Waals surface area contributed by atoms with Crippen molar-refractivity contribution in [3.8, 4) is 0 Å². The normalized spacial score (nSPS) is 31.9. The highest BCUT2D eigenvalue weighted by atomic mass is 35.5. The van der Waals surface area contributed by atoms with Crippen LogP contribution < -0.4 is 5.32 Å². The zero-order chi connectivity index (χ0) is 18.3. The molecule has 1 amide bonds. The minimum absolute atomic E-state index is 0.0264. The predicted octanol–water partition coefficient (Wildman–Crippen LogP) is 3.05. The summed E-state index contributed by atoms with van der Waals surface area (Å²) in [5, 5.41) is 3.73. The minimum atomic E-state index is -3.59. The van der Waals surface area contributed by atoms with Gasteiger partial charge in [0.05, 0.1) is 10.8 Å². The fourth-order valence-electron chi connectivity index (χ4n) is 4.85. The van der Waals surface area contributed by atoms with Crippen LogP contribution in [-0.4, -0.2) is 37.8 Å². The molecule has 1 heterocycles. The monoisotopic (exact) mass is 396 g/mol. The van der Waals surface area contributed by atoms with Crippen molar-refractivity contribution in [2.24, 2.45) is 17.8 Å². The molecule has 0 radical (unpaired) electrons. The van der Waals surface area contributed by atoms with Crippen LogP contribution >= 0.6 is 11.6 Å². The molecule has 0 unspecified atom stereocenters. The third-order valence-electron chi connectivity index (χ3n) is 6.27. The molecule has 4 atom stereocenters. The van der Waals surface area contributed by atoms with E-state index in [4.69, 9.17) is 11.6 Å². The first kappa shape index (κ1) is 18.3. The van der Waals surface area contributed by atoms with Crippen LogP contribution in [0.5, 0.6) is 0 Å². The number of benzene rings is 1. The van der Waals surface area contributed by atoms with Crippen LogP contribution in [0.3, 0.4) is 0 Å². The maximum atomic E-state index is 12.9. The van der Waals surface area contributed by atoms with Gasteiger partial charge in [0.15, 0.2) is 0 Å². The first-order chi connectivity index (χ1) is 12.4. The fourth-order valence-corrected chi connectivity index (χ4v) is 6.50.